The van der Waals surface area contributed by atoms with Crippen molar-refractivity contribution < 1.29 is 4.79 Å². The Morgan fingerprint density at radius 1 is 1.19 bits per heavy atom. The summed E-state index contributed by atoms with van der Waals surface area (Å²) in [5, 5.41) is 4.60. The Hall–Kier alpha value is -2.10. The molecule has 110 valence electrons. The number of anilines is 2. The van der Waals surface area contributed by atoms with Crippen LogP contribution in [0.4, 0.5) is 11.5 Å². The van der Waals surface area contributed by atoms with Crippen molar-refractivity contribution in [1.29, 1.82) is 0 Å². The van der Waals surface area contributed by atoms with Crippen LogP contribution in [-0.4, -0.2) is 22.6 Å². The van der Waals surface area contributed by atoms with Crippen molar-refractivity contribution in [3.8, 4) is 0 Å². The van der Waals surface area contributed by atoms with E-state index in [1.54, 1.807) is 4.68 Å². The van der Waals surface area contributed by atoms with Crippen molar-refractivity contribution in [1.82, 2.24) is 9.78 Å². The topological polar surface area (TPSA) is 38.1 Å². The van der Waals surface area contributed by atoms with Crippen LogP contribution in [0.1, 0.15) is 39.2 Å². The lowest BCUT2D eigenvalue weighted by atomic mass is 10.00. The molecule has 2 heterocycles. The first-order chi connectivity index (χ1) is 10.0. The highest BCUT2D eigenvalue weighted by Gasteiger charge is 2.27. The largest absolute Gasteiger partial charge is 0.324 e. The number of aromatic nitrogens is 2. The average molecular weight is 283 g/mol. The number of hydrogen-bond acceptors (Lipinski definition) is 3. The summed E-state index contributed by atoms with van der Waals surface area (Å²) in [4.78, 5) is 13.6. The number of rotatable bonds is 2. The molecule has 0 fully saturated rings. The summed E-state index contributed by atoms with van der Waals surface area (Å²) >= 11 is 0. The van der Waals surface area contributed by atoms with Crippen molar-refractivity contribution in [2.24, 2.45) is 7.05 Å². The van der Waals surface area contributed by atoms with Crippen LogP contribution >= 0.6 is 0 Å². The fourth-order valence-corrected chi connectivity index (χ4v) is 3.51. The second-order valence-corrected chi connectivity index (χ2v) is 5.93. The Morgan fingerprint density at radius 3 is 2.48 bits per heavy atom. The van der Waals surface area contributed by atoms with Gasteiger partial charge in [-0.25, -0.2) is 0 Å². The summed E-state index contributed by atoms with van der Waals surface area (Å²) in [6.45, 7) is 7.37. The smallest absolute Gasteiger partial charge is 0.168 e. The van der Waals surface area contributed by atoms with Crippen molar-refractivity contribution >= 4 is 17.8 Å². The Labute approximate surface area is 125 Å². The molecule has 1 aromatic heterocycles. The van der Waals surface area contributed by atoms with Crippen molar-refractivity contribution in [2.75, 3.05) is 11.4 Å². The van der Waals surface area contributed by atoms with Crippen LogP contribution < -0.4 is 4.90 Å². The highest BCUT2D eigenvalue weighted by Crippen LogP contribution is 2.37. The lowest BCUT2D eigenvalue weighted by Gasteiger charge is -2.30. The van der Waals surface area contributed by atoms with E-state index in [2.05, 4.69) is 42.9 Å². The molecule has 0 spiro atoms. The van der Waals surface area contributed by atoms with Crippen molar-refractivity contribution in [3.05, 3.63) is 40.1 Å². The van der Waals surface area contributed by atoms with Crippen molar-refractivity contribution in [2.45, 2.75) is 33.6 Å². The molecule has 0 saturated heterocycles. The second-order valence-electron chi connectivity index (χ2n) is 5.93. The van der Waals surface area contributed by atoms with E-state index in [-0.39, 0.29) is 0 Å². The molecule has 0 amide bonds. The lowest BCUT2D eigenvalue weighted by molar-refractivity contribution is 0.111. The van der Waals surface area contributed by atoms with E-state index >= 15 is 0 Å². The standard InChI is InChI=1S/C17H21N3O/c1-11-8-12(2)16(13(3)9-11)20-7-5-6-14-15(10-21)19(4)18-17(14)20/h8-10H,5-7H2,1-4H3. The second kappa shape index (κ2) is 5.02. The molecule has 0 atom stereocenters. The molecule has 2 aromatic rings. The SMILES string of the molecule is Cc1cc(C)c(N2CCCc3c2nn(C)c3C=O)c(C)c1. The molecular formula is C17H21N3O. The highest BCUT2D eigenvalue weighted by atomic mass is 16.1. The molecule has 0 N–H and O–H groups in total. The van der Waals surface area contributed by atoms with E-state index in [1.165, 1.54) is 22.4 Å². The summed E-state index contributed by atoms with van der Waals surface area (Å²) < 4.78 is 1.70. The van der Waals surface area contributed by atoms with Crippen LogP contribution in [0.3, 0.4) is 0 Å². The van der Waals surface area contributed by atoms with Gasteiger partial charge in [-0.2, -0.15) is 5.10 Å². The summed E-state index contributed by atoms with van der Waals surface area (Å²) in [5.41, 5.74) is 6.82. The number of fused-ring (bicyclic) bond motifs is 1. The highest BCUT2D eigenvalue weighted by molar-refractivity contribution is 5.81. The van der Waals surface area contributed by atoms with Gasteiger partial charge in [0, 0.05) is 24.8 Å². The van der Waals surface area contributed by atoms with E-state index in [9.17, 15) is 4.79 Å². The third-order valence-electron chi connectivity index (χ3n) is 4.25. The van der Waals surface area contributed by atoms with Crippen LogP contribution in [0.2, 0.25) is 0 Å². The summed E-state index contributed by atoms with van der Waals surface area (Å²) in [6.07, 6.45) is 2.90. The van der Waals surface area contributed by atoms with E-state index in [4.69, 9.17) is 0 Å². The number of carbonyl (C=O) groups is 1. The molecule has 4 nitrogen and oxygen atoms in total. The molecule has 1 aliphatic rings. The molecule has 0 aliphatic carbocycles. The van der Waals surface area contributed by atoms with Gasteiger partial charge in [0.1, 0.15) is 5.69 Å². The molecule has 4 heteroatoms. The Balaban J connectivity index is 2.17. The van der Waals surface area contributed by atoms with Gasteiger partial charge in [0.2, 0.25) is 0 Å². The van der Waals surface area contributed by atoms with Crippen LogP contribution in [-0.2, 0) is 13.5 Å². The molecular weight excluding hydrogens is 262 g/mol. The first-order valence-electron chi connectivity index (χ1n) is 7.39. The third kappa shape index (κ3) is 2.15. The van der Waals surface area contributed by atoms with Crippen LogP contribution in [0.5, 0.6) is 0 Å². The number of nitrogens with zero attached hydrogens (tertiary/aromatic N) is 3. The number of aldehydes is 1. The van der Waals surface area contributed by atoms with Gasteiger partial charge < -0.3 is 4.90 Å². The molecule has 0 saturated carbocycles. The minimum Gasteiger partial charge on any atom is -0.324 e. The maximum Gasteiger partial charge on any atom is 0.168 e. The number of benzene rings is 1. The molecule has 0 radical (unpaired) electrons. The van der Waals surface area contributed by atoms with Gasteiger partial charge in [0.15, 0.2) is 12.1 Å². The first-order valence-corrected chi connectivity index (χ1v) is 7.39. The molecule has 21 heavy (non-hydrogen) atoms. The van der Waals surface area contributed by atoms with Crippen LogP contribution in [0.25, 0.3) is 0 Å². The normalized spacial score (nSPS) is 14.2. The molecule has 1 aliphatic heterocycles. The van der Waals surface area contributed by atoms with Gasteiger partial charge in [-0.1, -0.05) is 17.7 Å². The van der Waals surface area contributed by atoms with Gasteiger partial charge in [0.05, 0.1) is 0 Å². The van der Waals surface area contributed by atoms with Gasteiger partial charge in [-0.3, -0.25) is 9.48 Å². The number of carbonyl (C=O) groups excluding carboxylic acids is 1. The summed E-state index contributed by atoms with van der Waals surface area (Å²) in [5.74, 6) is 0.945. The molecule has 3 rings (SSSR count). The minimum absolute atomic E-state index is 0.706. The van der Waals surface area contributed by atoms with Gasteiger partial charge >= 0.3 is 0 Å². The predicted octanol–water partition coefficient (Wildman–Crippen LogP) is 3.24. The van der Waals surface area contributed by atoms with E-state index in [0.29, 0.717) is 5.69 Å². The Kier molecular flexibility index (Phi) is 3.32. The van der Waals surface area contributed by atoms with Crippen LogP contribution in [0, 0.1) is 20.8 Å². The number of hydrogen-bond donors (Lipinski definition) is 0. The fraction of sp³-hybridized carbons (Fsp3) is 0.412. The zero-order chi connectivity index (χ0) is 15.1. The Bertz CT molecular complexity index is 692. The van der Waals surface area contributed by atoms with E-state index in [1.807, 2.05) is 7.05 Å². The summed E-state index contributed by atoms with van der Waals surface area (Å²) in [6, 6.07) is 4.42. The molecule has 1 aromatic carbocycles. The van der Waals surface area contributed by atoms with E-state index < -0.39 is 0 Å². The van der Waals surface area contributed by atoms with Crippen molar-refractivity contribution in [3.63, 3.8) is 0 Å². The quantitative estimate of drug-likeness (QED) is 0.794. The van der Waals surface area contributed by atoms with Crippen LogP contribution in [0.15, 0.2) is 12.1 Å². The molecule has 0 unspecified atom stereocenters. The fourth-order valence-electron chi connectivity index (χ4n) is 3.51. The zero-order valence-electron chi connectivity index (χ0n) is 13.1. The lowest BCUT2D eigenvalue weighted by Crippen LogP contribution is -2.26. The first kappa shape index (κ1) is 13.9. The summed E-state index contributed by atoms with van der Waals surface area (Å²) in [7, 11) is 1.84. The monoisotopic (exact) mass is 283 g/mol. The molecule has 0 bridgehead atoms. The van der Waals surface area contributed by atoms with Gasteiger partial charge in [-0.05, 0) is 44.7 Å². The average Bonchev–Trinajstić information content (AvgIpc) is 2.73. The van der Waals surface area contributed by atoms with Gasteiger partial charge in [-0.15, -0.1) is 0 Å². The zero-order valence-corrected chi connectivity index (χ0v) is 13.1. The maximum absolute atomic E-state index is 11.3. The van der Waals surface area contributed by atoms with E-state index in [0.717, 1.165) is 37.1 Å². The van der Waals surface area contributed by atoms with Gasteiger partial charge in [0.25, 0.3) is 0 Å². The third-order valence-corrected chi connectivity index (χ3v) is 4.25. The maximum atomic E-state index is 11.3. The minimum atomic E-state index is 0.706. The Morgan fingerprint density at radius 2 is 1.86 bits per heavy atom. The number of aryl methyl sites for hydroxylation is 4. The predicted molar refractivity (Wildman–Crippen MR) is 84.6 cm³/mol.